The number of halogens is 1. The van der Waals surface area contributed by atoms with E-state index in [-0.39, 0.29) is 11.8 Å². The Morgan fingerprint density at radius 1 is 1.73 bits per heavy atom. The van der Waals surface area contributed by atoms with Crippen molar-refractivity contribution >= 4 is 11.6 Å². The van der Waals surface area contributed by atoms with Crippen molar-refractivity contribution in [2.75, 3.05) is 7.05 Å². The molecular weight excluding hydrogens is 166 g/mol. The van der Waals surface area contributed by atoms with Crippen LogP contribution in [-0.4, -0.2) is 12.2 Å². The second-order valence-electron chi connectivity index (χ2n) is 2.20. The zero-order chi connectivity index (χ0) is 8.27. The van der Waals surface area contributed by atoms with Crippen molar-refractivity contribution in [2.24, 2.45) is 0 Å². The molecule has 0 saturated carbocycles. The Morgan fingerprint density at radius 3 is 2.91 bits per heavy atom. The van der Waals surface area contributed by atoms with Crippen LogP contribution >= 0.6 is 11.6 Å². The van der Waals surface area contributed by atoms with Crippen LogP contribution in [-0.2, 0) is 13.2 Å². The number of furan rings is 1. The van der Waals surface area contributed by atoms with Crippen molar-refractivity contribution in [1.29, 1.82) is 0 Å². The van der Waals surface area contributed by atoms with Gasteiger partial charge in [0.2, 0.25) is 0 Å². The topological polar surface area (TPSA) is 45.4 Å². The van der Waals surface area contributed by atoms with Gasteiger partial charge in [0, 0.05) is 5.56 Å². The number of hydrogen-bond acceptors (Lipinski definition) is 3. The molecule has 0 bridgehead atoms. The molecule has 0 aliphatic heterocycles. The van der Waals surface area contributed by atoms with Crippen LogP contribution in [0.3, 0.4) is 0 Å². The first-order valence-electron chi connectivity index (χ1n) is 3.30. The average molecular weight is 176 g/mol. The number of hydrogen-bond donors (Lipinski definition) is 2. The molecule has 11 heavy (non-hydrogen) atoms. The molecule has 0 aliphatic carbocycles. The fourth-order valence-electron chi connectivity index (χ4n) is 0.830. The smallest absolute Gasteiger partial charge is 0.199 e. The second-order valence-corrected chi connectivity index (χ2v) is 2.54. The summed E-state index contributed by atoms with van der Waals surface area (Å²) < 4.78 is 5.09. The van der Waals surface area contributed by atoms with Crippen molar-refractivity contribution in [3.8, 4) is 0 Å². The maximum absolute atomic E-state index is 8.74. The van der Waals surface area contributed by atoms with Crippen LogP contribution in [0.1, 0.15) is 11.3 Å². The maximum Gasteiger partial charge on any atom is 0.199 e. The van der Waals surface area contributed by atoms with Crippen LogP contribution in [0.4, 0.5) is 0 Å². The van der Waals surface area contributed by atoms with Crippen molar-refractivity contribution in [2.45, 2.75) is 13.2 Å². The van der Waals surface area contributed by atoms with E-state index < -0.39 is 0 Å². The van der Waals surface area contributed by atoms with Gasteiger partial charge in [0.25, 0.3) is 0 Å². The Labute approximate surface area is 70.0 Å². The Hall–Kier alpha value is -0.510. The fraction of sp³-hybridized carbons (Fsp3) is 0.429. The highest BCUT2D eigenvalue weighted by Crippen LogP contribution is 2.20. The molecule has 1 aromatic heterocycles. The van der Waals surface area contributed by atoms with Gasteiger partial charge in [-0.2, -0.15) is 0 Å². The van der Waals surface area contributed by atoms with E-state index >= 15 is 0 Å². The molecule has 62 valence electrons. The van der Waals surface area contributed by atoms with Gasteiger partial charge in [0.1, 0.15) is 5.76 Å². The lowest BCUT2D eigenvalue weighted by molar-refractivity contribution is 0.280. The van der Waals surface area contributed by atoms with Gasteiger partial charge in [0.15, 0.2) is 5.22 Å². The minimum Gasteiger partial charge on any atom is -0.448 e. The molecular formula is C7H10ClNO2. The van der Waals surface area contributed by atoms with Gasteiger partial charge in [-0.3, -0.25) is 0 Å². The first-order valence-corrected chi connectivity index (χ1v) is 3.68. The van der Waals surface area contributed by atoms with Gasteiger partial charge in [-0.15, -0.1) is 0 Å². The molecule has 3 nitrogen and oxygen atoms in total. The summed E-state index contributed by atoms with van der Waals surface area (Å²) in [5.74, 6) is 0.738. The summed E-state index contributed by atoms with van der Waals surface area (Å²) in [6.07, 6.45) is 0. The van der Waals surface area contributed by atoms with Gasteiger partial charge >= 0.3 is 0 Å². The van der Waals surface area contributed by atoms with Gasteiger partial charge in [-0.05, 0) is 24.7 Å². The average Bonchev–Trinajstić information content (AvgIpc) is 2.32. The maximum atomic E-state index is 8.74. The number of aliphatic hydroxyl groups excluding tert-OH is 1. The highest BCUT2D eigenvalue weighted by Gasteiger charge is 2.06. The number of rotatable bonds is 3. The predicted molar refractivity (Wildman–Crippen MR) is 42.4 cm³/mol. The molecule has 0 saturated heterocycles. The molecule has 1 rings (SSSR count). The summed E-state index contributed by atoms with van der Waals surface area (Å²) in [6, 6.07) is 1.73. The summed E-state index contributed by atoms with van der Waals surface area (Å²) in [6.45, 7) is 0.547. The summed E-state index contributed by atoms with van der Waals surface area (Å²) in [4.78, 5) is 0. The third-order valence-corrected chi connectivity index (χ3v) is 1.65. The lowest BCUT2D eigenvalue weighted by atomic mass is 10.3. The molecule has 4 heteroatoms. The molecule has 1 heterocycles. The molecule has 0 spiro atoms. The third-order valence-electron chi connectivity index (χ3n) is 1.33. The van der Waals surface area contributed by atoms with Crippen LogP contribution < -0.4 is 5.32 Å². The van der Waals surface area contributed by atoms with E-state index in [1.807, 2.05) is 7.05 Å². The van der Waals surface area contributed by atoms with Crippen LogP contribution in [0, 0.1) is 0 Å². The highest BCUT2D eigenvalue weighted by molar-refractivity contribution is 6.29. The molecule has 0 atom stereocenters. The van der Waals surface area contributed by atoms with E-state index in [0.717, 1.165) is 5.76 Å². The second kappa shape index (κ2) is 3.76. The van der Waals surface area contributed by atoms with Gasteiger partial charge in [-0.25, -0.2) is 0 Å². The first-order chi connectivity index (χ1) is 5.27. The van der Waals surface area contributed by atoms with Crippen LogP contribution in [0.2, 0.25) is 5.22 Å². The Kier molecular flexibility index (Phi) is 2.93. The molecule has 2 N–H and O–H groups in total. The highest BCUT2D eigenvalue weighted by atomic mass is 35.5. The predicted octanol–water partition coefficient (Wildman–Crippen LogP) is 1.14. The van der Waals surface area contributed by atoms with Crippen molar-refractivity contribution in [1.82, 2.24) is 5.32 Å². The molecule has 0 radical (unpaired) electrons. The van der Waals surface area contributed by atoms with Crippen LogP contribution in [0.25, 0.3) is 0 Å². The van der Waals surface area contributed by atoms with Crippen molar-refractivity contribution in [3.63, 3.8) is 0 Å². The monoisotopic (exact) mass is 175 g/mol. The summed E-state index contributed by atoms with van der Waals surface area (Å²) >= 11 is 5.63. The van der Waals surface area contributed by atoms with Gasteiger partial charge < -0.3 is 14.8 Å². The Balaban J connectivity index is 2.77. The molecule has 0 fully saturated rings. The third kappa shape index (κ3) is 1.96. The van der Waals surface area contributed by atoms with E-state index in [9.17, 15) is 0 Å². The zero-order valence-electron chi connectivity index (χ0n) is 6.22. The van der Waals surface area contributed by atoms with Crippen LogP contribution in [0.15, 0.2) is 10.5 Å². The van der Waals surface area contributed by atoms with Crippen LogP contribution in [0.5, 0.6) is 0 Å². The summed E-state index contributed by atoms with van der Waals surface area (Å²) in [5.41, 5.74) is 0.636. The lowest BCUT2D eigenvalue weighted by Gasteiger charge is -1.89. The lowest BCUT2D eigenvalue weighted by Crippen LogP contribution is -2.03. The Morgan fingerprint density at radius 2 is 2.45 bits per heavy atom. The summed E-state index contributed by atoms with van der Waals surface area (Å²) in [5, 5.41) is 11.9. The molecule has 1 aromatic rings. The first kappa shape index (κ1) is 8.59. The van der Waals surface area contributed by atoms with Gasteiger partial charge in [-0.1, -0.05) is 0 Å². The van der Waals surface area contributed by atoms with E-state index in [0.29, 0.717) is 12.1 Å². The molecule has 0 aliphatic rings. The Bertz CT molecular complexity index is 234. The minimum atomic E-state index is -0.0773. The summed E-state index contributed by atoms with van der Waals surface area (Å²) in [7, 11) is 1.81. The molecule has 0 aromatic carbocycles. The SMILES string of the molecule is CNCc1cc(CO)c(Cl)o1. The quantitative estimate of drug-likeness (QED) is 0.725. The largest absolute Gasteiger partial charge is 0.448 e. The fourth-order valence-corrected chi connectivity index (χ4v) is 1.04. The van der Waals surface area contributed by atoms with Gasteiger partial charge in [0.05, 0.1) is 13.2 Å². The van der Waals surface area contributed by atoms with E-state index in [1.54, 1.807) is 6.07 Å². The zero-order valence-corrected chi connectivity index (χ0v) is 6.98. The molecule has 0 amide bonds. The standard InChI is InChI=1S/C7H10ClNO2/c1-9-3-6-2-5(4-10)7(8)11-6/h2,9-10H,3-4H2,1H3. The molecule has 0 unspecified atom stereocenters. The van der Waals surface area contributed by atoms with E-state index in [1.165, 1.54) is 0 Å². The van der Waals surface area contributed by atoms with Crippen molar-refractivity contribution in [3.05, 3.63) is 22.6 Å². The van der Waals surface area contributed by atoms with E-state index in [4.69, 9.17) is 21.1 Å². The minimum absolute atomic E-state index is 0.0773. The van der Waals surface area contributed by atoms with Crippen molar-refractivity contribution < 1.29 is 9.52 Å². The van der Waals surface area contributed by atoms with E-state index in [2.05, 4.69) is 5.32 Å². The number of nitrogens with one attached hydrogen (secondary N) is 1. The number of aliphatic hydroxyl groups is 1. The normalized spacial score (nSPS) is 10.5.